The standard InChI is InChI=1S/C21H25NO13/c1-10(24)30-9-17-18(31-11(2)25)19(32-12(3)26)20(33-13(4)27)21(35-17)34-16-6-5-15(22(28)29)7-14(16)8-23/h5-7,17-21,23H,8-9H2,1-4H3/t17-,18+,19+,20-,21+/m1/s1. The van der Waals surface area contributed by atoms with Crippen LogP contribution in [0.25, 0.3) is 0 Å². The van der Waals surface area contributed by atoms with Crippen LogP contribution < -0.4 is 4.74 Å². The summed E-state index contributed by atoms with van der Waals surface area (Å²) in [5.41, 5.74) is -0.310. The molecule has 2 rings (SSSR count). The third-order valence-electron chi connectivity index (χ3n) is 4.62. The summed E-state index contributed by atoms with van der Waals surface area (Å²) in [5, 5.41) is 20.7. The van der Waals surface area contributed by atoms with Gasteiger partial charge in [0.25, 0.3) is 5.69 Å². The monoisotopic (exact) mass is 499 g/mol. The van der Waals surface area contributed by atoms with Gasteiger partial charge in [-0.1, -0.05) is 0 Å². The Bertz CT molecular complexity index is 978. The van der Waals surface area contributed by atoms with E-state index in [-0.39, 0.29) is 17.0 Å². The minimum absolute atomic E-state index is 0.00653. The molecule has 1 saturated heterocycles. The molecular formula is C21H25NO13. The molecule has 1 aromatic carbocycles. The van der Waals surface area contributed by atoms with E-state index in [1.807, 2.05) is 0 Å². The smallest absolute Gasteiger partial charge is 0.303 e. The molecule has 1 aromatic rings. The first-order valence-electron chi connectivity index (χ1n) is 10.3. The van der Waals surface area contributed by atoms with Crippen LogP contribution in [0.4, 0.5) is 5.69 Å². The third-order valence-corrected chi connectivity index (χ3v) is 4.62. The van der Waals surface area contributed by atoms with Crippen LogP contribution in [0.1, 0.15) is 33.3 Å². The molecule has 35 heavy (non-hydrogen) atoms. The molecule has 0 unspecified atom stereocenters. The summed E-state index contributed by atoms with van der Waals surface area (Å²) in [5.74, 6) is -3.18. The van der Waals surface area contributed by atoms with E-state index in [9.17, 15) is 34.4 Å². The van der Waals surface area contributed by atoms with Crippen LogP contribution >= 0.6 is 0 Å². The van der Waals surface area contributed by atoms with Crippen molar-refractivity contribution in [3.05, 3.63) is 33.9 Å². The molecule has 1 heterocycles. The van der Waals surface area contributed by atoms with Crippen molar-refractivity contribution in [2.24, 2.45) is 0 Å². The minimum Gasteiger partial charge on any atom is -0.463 e. The predicted molar refractivity (Wildman–Crippen MR) is 112 cm³/mol. The van der Waals surface area contributed by atoms with Crippen molar-refractivity contribution in [1.29, 1.82) is 0 Å². The maximum absolute atomic E-state index is 11.8. The molecule has 0 aliphatic carbocycles. The summed E-state index contributed by atoms with van der Waals surface area (Å²) >= 11 is 0. The van der Waals surface area contributed by atoms with Crippen LogP contribution in [-0.4, -0.2) is 71.2 Å². The van der Waals surface area contributed by atoms with Gasteiger partial charge < -0.3 is 33.5 Å². The second-order valence-corrected chi connectivity index (χ2v) is 7.39. The van der Waals surface area contributed by atoms with Crippen LogP contribution in [0.3, 0.4) is 0 Å². The van der Waals surface area contributed by atoms with Crippen molar-refractivity contribution in [3.63, 3.8) is 0 Å². The van der Waals surface area contributed by atoms with Crippen molar-refractivity contribution in [2.75, 3.05) is 6.61 Å². The molecule has 192 valence electrons. The summed E-state index contributed by atoms with van der Waals surface area (Å²) in [7, 11) is 0. The zero-order valence-electron chi connectivity index (χ0n) is 19.3. The number of nitrogens with zero attached hydrogens (tertiary/aromatic N) is 1. The van der Waals surface area contributed by atoms with Gasteiger partial charge in [-0.2, -0.15) is 0 Å². The molecule has 0 bridgehead atoms. The van der Waals surface area contributed by atoms with E-state index in [0.717, 1.165) is 39.8 Å². The fourth-order valence-corrected chi connectivity index (χ4v) is 3.33. The first-order valence-corrected chi connectivity index (χ1v) is 10.3. The van der Waals surface area contributed by atoms with E-state index in [4.69, 9.17) is 28.4 Å². The highest BCUT2D eigenvalue weighted by atomic mass is 16.7. The second kappa shape index (κ2) is 12.1. The third kappa shape index (κ3) is 7.61. The number of carbonyl (C=O) groups excluding carboxylic acids is 4. The van der Waals surface area contributed by atoms with Gasteiger partial charge in [0.15, 0.2) is 12.2 Å². The Kier molecular flexibility index (Phi) is 9.48. The van der Waals surface area contributed by atoms with Crippen LogP contribution in [-0.2, 0) is 49.5 Å². The van der Waals surface area contributed by atoms with Gasteiger partial charge in [-0.25, -0.2) is 0 Å². The molecule has 0 aromatic heterocycles. The topological polar surface area (TPSA) is 187 Å². The number of hydrogen-bond donors (Lipinski definition) is 1. The van der Waals surface area contributed by atoms with Gasteiger partial charge in [0.05, 0.1) is 11.5 Å². The summed E-state index contributed by atoms with van der Waals surface area (Å²) in [4.78, 5) is 57.2. The van der Waals surface area contributed by atoms with Crippen LogP contribution in [0.2, 0.25) is 0 Å². The maximum Gasteiger partial charge on any atom is 0.303 e. The number of benzene rings is 1. The largest absolute Gasteiger partial charge is 0.463 e. The van der Waals surface area contributed by atoms with Crippen molar-refractivity contribution < 1.29 is 57.6 Å². The van der Waals surface area contributed by atoms with E-state index in [1.165, 1.54) is 6.07 Å². The lowest BCUT2D eigenvalue weighted by Gasteiger charge is -2.44. The van der Waals surface area contributed by atoms with Gasteiger partial charge in [0, 0.05) is 45.4 Å². The normalized spacial score (nSPS) is 23.5. The fraction of sp³-hybridized carbons (Fsp3) is 0.524. The van der Waals surface area contributed by atoms with E-state index in [0.29, 0.717) is 0 Å². The lowest BCUT2D eigenvalue weighted by Crippen LogP contribution is -2.63. The molecule has 14 nitrogen and oxygen atoms in total. The first-order chi connectivity index (χ1) is 16.4. The van der Waals surface area contributed by atoms with Crippen LogP contribution in [0.5, 0.6) is 5.75 Å². The number of ether oxygens (including phenoxy) is 6. The fourth-order valence-electron chi connectivity index (χ4n) is 3.33. The maximum atomic E-state index is 11.8. The van der Waals surface area contributed by atoms with E-state index in [2.05, 4.69) is 0 Å². The Morgan fingerprint density at radius 3 is 2.03 bits per heavy atom. The lowest BCUT2D eigenvalue weighted by molar-refractivity contribution is -0.385. The molecule has 1 fully saturated rings. The summed E-state index contributed by atoms with van der Waals surface area (Å²) < 4.78 is 32.4. The molecule has 0 saturated carbocycles. The number of non-ortho nitro benzene ring substituents is 1. The average Bonchev–Trinajstić information content (AvgIpc) is 2.75. The van der Waals surface area contributed by atoms with Crippen LogP contribution in [0, 0.1) is 10.1 Å². The van der Waals surface area contributed by atoms with E-state index >= 15 is 0 Å². The SMILES string of the molecule is CC(=O)OC[C@H]1O[C@H](Oc2ccc([N+](=O)[O-])cc2CO)[C@H](OC(C)=O)[C@@H](OC(C)=O)[C@H]1OC(C)=O. The molecule has 1 N–H and O–H groups in total. The molecule has 5 atom stereocenters. The van der Waals surface area contributed by atoms with E-state index < -0.39 is 72.7 Å². The molecule has 1 aliphatic heterocycles. The Morgan fingerprint density at radius 1 is 0.943 bits per heavy atom. The number of nitro groups is 1. The van der Waals surface area contributed by atoms with Gasteiger partial charge in [-0.3, -0.25) is 29.3 Å². The average molecular weight is 499 g/mol. The van der Waals surface area contributed by atoms with Crippen molar-refractivity contribution in [2.45, 2.75) is 65.0 Å². The Balaban J connectivity index is 2.52. The lowest BCUT2D eigenvalue weighted by atomic mass is 9.98. The van der Waals surface area contributed by atoms with Crippen molar-refractivity contribution >= 4 is 29.6 Å². The molecule has 0 radical (unpaired) electrons. The summed E-state index contributed by atoms with van der Waals surface area (Å²) in [6.45, 7) is 3.25. The molecule has 0 amide bonds. The zero-order valence-corrected chi connectivity index (χ0v) is 19.3. The number of rotatable bonds is 9. The minimum atomic E-state index is -1.54. The number of hydrogen-bond acceptors (Lipinski definition) is 13. The Morgan fingerprint density at radius 2 is 1.51 bits per heavy atom. The first kappa shape index (κ1) is 27.5. The van der Waals surface area contributed by atoms with Gasteiger partial charge in [0.2, 0.25) is 12.4 Å². The number of carbonyl (C=O) groups is 4. The highest BCUT2D eigenvalue weighted by Gasteiger charge is 2.53. The predicted octanol–water partition coefficient (Wildman–Crippen LogP) is 0.549. The van der Waals surface area contributed by atoms with Crippen molar-refractivity contribution in [1.82, 2.24) is 0 Å². The molecule has 14 heteroatoms. The zero-order chi connectivity index (χ0) is 26.3. The van der Waals surface area contributed by atoms with E-state index in [1.54, 1.807) is 0 Å². The van der Waals surface area contributed by atoms with Gasteiger partial charge >= 0.3 is 23.9 Å². The Labute approximate surface area is 199 Å². The molecular weight excluding hydrogens is 474 g/mol. The van der Waals surface area contributed by atoms with Crippen LogP contribution in [0.15, 0.2) is 18.2 Å². The van der Waals surface area contributed by atoms with Gasteiger partial charge in [0.1, 0.15) is 18.5 Å². The molecule has 0 spiro atoms. The van der Waals surface area contributed by atoms with Gasteiger partial charge in [-0.05, 0) is 6.07 Å². The second-order valence-electron chi connectivity index (χ2n) is 7.39. The van der Waals surface area contributed by atoms with Crippen molar-refractivity contribution in [3.8, 4) is 5.75 Å². The summed E-state index contributed by atoms with van der Waals surface area (Å²) in [6.07, 6.45) is -7.08. The quantitative estimate of drug-likeness (QED) is 0.215. The summed E-state index contributed by atoms with van der Waals surface area (Å²) in [6, 6.07) is 3.37. The number of aliphatic hydroxyl groups excluding tert-OH is 1. The highest BCUT2D eigenvalue weighted by Crippen LogP contribution is 2.33. The number of aliphatic hydroxyl groups is 1. The van der Waals surface area contributed by atoms with Gasteiger partial charge in [-0.15, -0.1) is 0 Å². The number of nitro benzene ring substituents is 1. The Hall–Kier alpha value is -3.78. The number of esters is 4. The molecule has 1 aliphatic rings. The highest BCUT2D eigenvalue weighted by molar-refractivity contribution is 5.68.